The molecule has 0 rings (SSSR count). The van der Waals surface area contributed by atoms with E-state index in [1.54, 1.807) is 6.92 Å². The molecule has 0 heterocycles. The number of allylic oxidation sites excluding steroid dienone is 1. The third-order valence-electron chi connectivity index (χ3n) is 1.74. The molecule has 0 aromatic rings. The van der Waals surface area contributed by atoms with Gasteiger partial charge in [0.05, 0.1) is 5.71 Å². The van der Waals surface area contributed by atoms with Gasteiger partial charge in [-0.2, -0.15) is 0 Å². The van der Waals surface area contributed by atoms with Crippen molar-refractivity contribution in [3.05, 3.63) is 28.7 Å². The van der Waals surface area contributed by atoms with Crippen LogP contribution in [-0.4, -0.2) is 21.9 Å². The van der Waals surface area contributed by atoms with Crippen LogP contribution in [0.5, 0.6) is 0 Å². The van der Waals surface area contributed by atoms with E-state index in [-0.39, 0.29) is 10.6 Å². The van der Waals surface area contributed by atoms with Crippen molar-refractivity contribution < 1.29 is 10.1 Å². The Kier molecular flexibility index (Phi) is 4.72. The Labute approximate surface area is 76.9 Å². The van der Waals surface area contributed by atoms with Crippen molar-refractivity contribution in [1.82, 2.24) is 0 Å². The molecule has 13 heavy (non-hydrogen) atoms. The molecule has 5 nitrogen and oxygen atoms in total. The summed E-state index contributed by atoms with van der Waals surface area (Å²) in [6.07, 6.45) is 1.96. The first kappa shape index (κ1) is 11.6. The number of nitro groups is 1. The van der Waals surface area contributed by atoms with Gasteiger partial charge in [0.15, 0.2) is 0 Å². The second-order valence-electron chi connectivity index (χ2n) is 2.63. The van der Waals surface area contributed by atoms with Crippen molar-refractivity contribution in [2.45, 2.75) is 26.3 Å². The molecule has 0 saturated heterocycles. The van der Waals surface area contributed by atoms with Crippen LogP contribution in [0.25, 0.3) is 0 Å². The fourth-order valence-corrected chi connectivity index (χ4v) is 0.896. The Balaban J connectivity index is 4.69. The van der Waals surface area contributed by atoms with E-state index in [1.807, 2.05) is 0 Å². The molecule has 1 N–H and O–H groups in total. The van der Waals surface area contributed by atoms with Crippen molar-refractivity contribution in [1.29, 1.82) is 0 Å². The summed E-state index contributed by atoms with van der Waals surface area (Å²) in [6, 6.07) is -0.761. The molecule has 0 aliphatic heterocycles. The van der Waals surface area contributed by atoms with Gasteiger partial charge in [-0.3, -0.25) is 10.1 Å². The van der Waals surface area contributed by atoms with Crippen molar-refractivity contribution in [3.8, 4) is 0 Å². The predicted octanol–water partition coefficient (Wildman–Crippen LogP) is 1.65. The zero-order valence-electron chi connectivity index (χ0n) is 7.73. The quantitative estimate of drug-likeness (QED) is 0.313. The third kappa shape index (κ3) is 3.68. The Morgan fingerprint density at radius 1 is 1.85 bits per heavy atom. The van der Waals surface area contributed by atoms with Gasteiger partial charge in [-0.05, 0) is 19.4 Å². The molecule has 1 unspecified atom stereocenters. The van der Waals surface area contributed by atoms with Gasteiger partial charge in [-0.1, -0.05) is 12.1 Å². The second kappa shape index (κ2) is 5.29. The lowest BCUT2D eigenvalue weighted by Crippen LogP contribution is -2.18. The third-order valence-corrected chi connectivity index (χ3v) is 1.74. The van der Waals surface area contributed by atoms with E-state index in [2.05, 4.69) is 12.1 Å². The summed E-state index contributed by atoms with van der Waals surface area (Å²) in [4.78, 5) is 10.0. The topological polar surface area (TPSA) is 75.7 Å². The van der Waals surface area contributed by atoms with E-state index in [4.69, 9.17) is 5.21 Å². The lowest BCUT2D eigenvalue weighted by Gasteiger charge is -2.05. The lowest BCUT2D eigenvalue weighted by atomic mass is 10.1. The first-order chi connectivity index (χ1) is 6.02. The second-order valence-corrected chi connectivity index (χ2v) is 2.63. The molecular formula is C8H13N2O3. The van der Waals surface area contributed by atoms with Gasteiger partial charge in [0.1, 0.15) is 0 Å². The summed E-state index contributed by atoms with van der Waals surface area (Å²) in [5.74, 6) is 0. The summed E-state index contributed by atoms with van der Waals surface area (Å²) >= 11 is 0. The summed E-state index contributed by atoms with van der Waals surface area (Å²) in [6.45, 7) is 6.68. The minimum Gasteiger partial charge on any atom is -0.411 e. The summed E-state index contributed by atoms with van der Waals surface area (Å²) in [5.41, 5.74) is 0.721. The van der Waals surface area contributed by atoms with Gasteiger partial charge >= 0.3 is 0 Å². The van der Waals surface area contributed by atoms with Crippen LogP contribution < -0.4 is 0 Å². The Morgan fingerprint density at radius 3 is 2.69 bits per heavy atom. The Morgan fingerprint density at radius 2 is 2.38 bits per heavy atom. The fourth-order valence-electron chi connectivity index (χ4n) is 0.896. The van der Waals surface area contributed by atoms with Crippen LogP contribution in [0.15, 0.2) is 16.8 Å². The van der Waals surface area contributed by atoms with Crippen LogP contribution in [0.4, 0.5) is 0 Å². The predicted molar refractivity (Wildman–Crippen MR) is 49.4 cm³/mol. The number of hydrogen-bond donors (Lipinski definition) is 1. The summed E-state index contributed by atoms with van der Waals surface area (Å²) in [7, 11) is 0. The zero-order chi connectivity index (χ0) is 10.4. The fraction of sp³-hybridized carbons (Fsp3) is 0.500. The average molecular weight is 185 g/mol. The molecule has 0 bridgehead atoms. The van der Waals surface area contributed by atoms with Crippen LogP contribution in [-0.2, 0) is 0 Å². The Hall–Kier alpha value is -1.39. The van der Waals surface area contributed by atoms with E-state index in [0.29, 0.717) is 12.0 Å². The van der Waals surface area contributed by atoms with E-state index in [1.165, 1.54) is 13.0 Å². The number of oxime groups is 1. The molecular weight excluding hydrogens is 172 g/mol. The van der Waals surface area contributed by atoms with Crippen LogP contribution >= 0.6 is 0 Å². The highest BCUT2D eigenvalue weighted by molar-refractivity contribution is 5.98. The van der Waals surface area contributed by atoms with Gasteiger partial charge < -0.3 is 5.21 Å². The first-order valence-electron chi connectivity index (χ1n) is 3.90. The largest absolute Gasteiger partial charge is 0.411 e. The molecule has 0 spiro atoms. The summed E-state index contributed by atoms with van der Waals surface area (Å²) in [5, 5.41) is 21.5. The average Bonchev–Trinajstić information content (AvgIpc) is 2.12. The number of rotatable bonds is 4. The monoisotopic (exact) mass is 185 g/mol. The first-order valence-corrected chi connectivity index (χ1v) is 3.90. The van der Waals surface area contributed by atoms with E-state index in [9.17, 15) is 10.1 Å². The molecule has 0 aromatic carbocycles. The number of hydrogen-bond acceptors (Lipinski definition) is 4. The highest BCUT2D eigenvalue weighted by atomic mass is 16.6. The van der Waals surface area contributed by atoms with Crippen LogP contribution in [0, 0.1) is 17.0 Å². The van der Waals surface area contributed by atoms with E-state index >= 15 is 0 Å². The maximum atomic E-state index is 10.4. The highest BCUT2D eigenvalue weighted by Crippen LogP contribution is 2.09. The Bertz CT molecular complexity index is 246. The molecule has 1 radical (unpaired) electrons. The van der Waals surface area contributed by atoms with E-state index < -0.39 is 6.04 Å². The zero-order valence-corrected chi connectivity index (χ0v) is 7.73. The van der Waals surface area contributed by atoms with Crippen LogP contribution in [0.2, 0.25) is 0 Å². The van der Waals surface area contributed by atoms with Crippen molar-refractivity contribution in [3.63, 3.8) is 0 Å². The van der Waals surface area contributed by atoms with Crippen LogP contribution in [0.3, 0.4) is 0 Å². The van der Waals surface area contributed by atoms with Crippen molar-refractivity contribution >= 4 is 5.71 Å². The normalized spacial score (nSPS) is 15.6. The molecule has 1 atom stereocenters. The molecule has 0 saturated carbocycles. The summed E-state index contributed by atoms with van der Waals surface area (Å²) < 4.78 is 0. The number of nitrogens with zero attached hydrogens (tertiary/aromatic N) is 2. The van der Waals surface area contributed by atoms with Crippen LogP contribution in [0.1, 0.15) is 20.3 Å². The minimum absolute atomic E-state index is 0.130. The van der Waals surface area contributed by atoms with Gasteiger partial charge in [-0.15, -0.1) is 0 Å². The molecule has 0 fully saturated rings. The minimum atomic E-state index is -0.761. The molecule has 0 aromatic heterocycles. The van der Waals surface area contributed by atoms with Gasteiger partial charge in [-0.25, -0.2) is 0 Å². The SMILES string of the molecule is [CH2]C(/C=C(\CC)C(C)[N+](=O)[O-])=N/O. The van der Waals surface area contributed by atoms with Crippen molar-refractivity contribution in [2.24, 2.45) is 5.16 Å². The molecule has 73 valence electrons. The highest BCUT2D eigenvalue weighted by Gasteiger charge is 2.17. The molecule has 5 heteroatoms. The maximum Gasteiger partial charge on any atom is 0.231 e. The van der Waals surface area contributed by atoms with Gasteiger partial charge in [0.25, 0.3) is 0 Å². The van der Waals surface area contributed by atoms with E-state index in [0.717, 1.165) is 0 Å². The van der Waals surface area contributed by atoms with Gasteiger partial charge in [0.2, 0.25) is 6.04 Å². The standard InChI is InChI=1S/C8H13N2O3/c1-4-8(5-6(2)9-11)7(3)10(12)13/h5,7,11H,2,4H2,1,3H3/b8-5+,9-6-. The molecule has 0 amide bonds. The molecule has 0 aliphatic carbocycles. The maximum absolute atomic E-state index is 10.4. The lowest BCUT2D eigenvalue weighted by molar-refractivity contribution is -0.507. The van der Waals surface area contributed by atoms with Crippen molar-refractivity contribution in [2.75, 3.05) is 0 Å². The molecule has 0 aliphatic rings. The van der Waals surface area contributed by atoms with Gasteiger partial charge in [0, 0.05) is 17.4 Å². The smallest absolute Gasteiger partial charge is 0.231 e.